The van der Waals surface area contributed by atoms with Crippen LogP contribution in [0.3, 0.4) is 0 Å². The quantitative estimate of drug-likeness (QED) is 0.664. The summed E-state index contributed by atoms with van der Waals surface area (Å²) in [6.07, 6.45) is 8.50. The van der Waals surface area contributed by atoms with Crippen molar-refractivity contribution in [2.75, 3.05) is 5.88 Å². The maximum Gasteiger partial charge on any atom is 0.0521 e. The maximum atomic E-state index is 5.65. The Balaban J connectivity index is 2.57. The molecule has 0 radical (unpaired) electrons. The highest BCUT2D eigenvalue weighted by molar-refractivity contribution is 6.17. The van der Waals surface area contributed by atoms with Gasteiger partial charge in [0.2, 0.25) is 0 Å². The number of alkyl halides is 1. The highest BCUT2D eigenvalue weighted by Crippen LogP contribution is 2.15. The predicted molar refractivity (Wildman–Crippen MR) is 60.9 cm³/mol. The first-order valence-corrected chi connectivity index (χ1v) is 5.94. The fourth-order valence-electron chi connectivity index (χ4n) is 1.64. The molecule has 0 saturated carbocycles. The Labute approximate surface area is 91.3 Å². The maximum absolute atomic E-state index is 5.65. The first kappa shape index (κ1) is 11.6. The summed E-state index contributed by atoms with van der Waals surface area (Å²) >= 11 is 5.65. The highest BCUT2D eigenvalue weighted by Gasteiger charge is 2.07. The minimum atomic E-state index is 0.555. The average molecular weight is 215 g/mol. The van der Waals surface area contributed by atoms with E-state index in [0.29, 0.717) is 6.04 Å². The van der Waals surface area contributed by atoms with Crippen molar-refractivity contribution >= 4 is 11.6 Å². The van der Waals surface area contributed by atoms with E-state index in [2.05, 4.69) is 29.8 Å². The van der Waals surface area contributed by atoms with Crippen molar-refractivity contribution in [2.45, 2.75) is 45.6 Å². The van der Waals surface area contributed by atoms with Crippen molar-refractivity contribution in [3.05, 3.63) is 18.0 Å². The van der Waals surface area contributed by atoms with E-state index in [-0.39, 0.29) is 0 Å². The zero-order valence-corrected chi connectivity index (χ0v) is 9.80. The average Bonchev–Trinajstić information content (AvgIpc) is 2.65. The molecule has 0 aliphatic heterocycles. The molecule has 1 aromatic heterocycles. The predicted octanol–water partition coefficient (Wildman–Crippen LogP) is 3.42. The van der Waals surface area contributed by atoms with Crippen LogP contribution in [0.5, 0.6) is 0 Å². The number of halogens is 1. The third-order valence-electron chi connectivity index (χ3n) is 2.57. The number of rotatable bonds is 6. The van der Waals surface area contributed by atoms with E-state index >= 15 is 0 Å². The fraction of sp³-hybridized carbons (Fsp3) is 0.727. The summed E-state index contributed by atoms with van der Waals surface area (Å²) in [6.45, 7) is 4.41. The lowest BCUT2D eigenvalue weighted by atomic mass is 10.2. The van der Waals surface area contributed by atoms with E-state index < -0.39 is 0 Å². The molecule has 14 heavy (non-hydrogen) atoms. The first-order valence-electron chi connectivity index (χ1n) is 5.40. The summed E-state index contributed by atoms with van der Waals surface area (Å²) in [5, 5.41) is 4.38. The van der Waals surface area contributed by atoms with Crippen LogP contribution < -0.4 is 0 Å². The molecule has 3 heteroatoms. The van der Waals surface area contributed by atoms with Crippen LogP contribution >= 0.6 is 11.6 Å². The number of aryl methyl sites for hydroxylation is 1. The standard InChI is InChI=1S/C11H19ClN2/c1-3-11(4-2)14-9-10(8-13-14)6-5-7-12/h8-9,11H,3-7H2,1-2H3. The van der Waals surface area contributed by atoms with E-state index in [0.717, 1.165) is 31.6 Å². The van der Waals surface area contributed by atoms with Crippen LogP contribution in [0.15, 0.2) is 12.4 Å². The van der Waals surface area contributed by atoms with E-state index in [9.17, 15) is 0 Å². The minimum absolute atomic E-state index is 0.555. The Morgan fingerprint density at radius 1 is 1.43 bits per heavy atom. The summed E-state index contributed by atoms with van der Waals surface area (Å²) in [6, 6.07) is 0.555. The van der Waals surface area contributed by atoms with Crippen molar-refractivity contribution in [3.8, 4) is 0 Å². The van der Waals surface area contributed by atoms with Gasteiger partial charge in [0.1, 0.15) is 0 Å². The van der Waals surface area contributed by atoms with E-state index in [1.165, 1.54) is 5.56 Å². The van der Waals surface area contributed by atoms with Gasteiger partial charge in [-0.3, -0.25) is 4.68 Å². The zero-order valence-electron chi connectivity index (χ0n) is 9.04. The number of hydrogen-bond donors (Lipinski definition) is 0. The van der Waals surface area contributed by atoms with Gasteiger partial charge in [0.15, 0.2) is 0 Å². The molecule has 0 aromatic carbocycles. The van der Waals surface area contributed by atoms with Crippen LogP contribution in [-0.2, 0) is 6.42 Å². The SMILES string of the molecule is CCC(CC)n1cc(CCCCl)cn1. The second kappa shape index (κ2) is 6.07. The fourth-order valence-corrected chi connectivity index (χ4v) is 1.77. The lowest BCUT2D eigenvalue weighted by Crippen LogP contribution is -2.06. The van der Waals surface area contributed by atoms with E-state index in [4.69, 9.17) is 11.6 Å². The summed E-state index contributed by atoms with van der Waals surface area (Å²) in [5.41, 5.74) is 1.30. The van der Waals surface area contributed by atoms with Gasteiger partial charge in [-0.05, 0) is 31.2 Å². The smallest absolute Gasteiger partial charge is 0.0521 e. The minimum Gasteiger partial charge on any atom is -0.269 e. The van der Waals surface area contributed by atoms with Gasteiger partial charge in [-0.1, -0.05) is 13.8 Å². The molecule has 0 aliphatic rings. The van der Waals surface area contributed by atoms with Gasteiger partial charge in [0.25, 0.3) is 0 Å². The molecule has 0 N–H and O–H groups in total. The molecule has 0 aliphatic carbocycles. The van der Waals surface area contributed by atoms with Crippen molar-refractivity contribution < 1.29 is 0 Å². The number of nitrogens with zero attached hydrogens (tertiary/aromatic N) is 2. The van der Waals surface area contributed by atoms with Gasteiger partial charge in [-0.2, -0.15) is 5.10 Å². The second-order valence-corrected chi connectivity index (χ2v) is 3.97. The van der Waals surface area contributed by atoms with Crippen LogP contribution in [0.1, 0.15) is 44.7 Å². The van der Waals surface area contributed by atoms with Gasteiger partial charge >= 0.3 is 0 Å². The second-order valence-electron chi connectivity index (χ2n) is 3.59. The van der Waals surface area contributed by atoms with Gasteiger partial charge in [-0.15, -0.1) is 11.6 Å². The molecule has 0 atom stereocenters. The number of aromatic nitrogens is 2. The Morgan fingerprint density at radius 3 is 2.71 bits per heavy atom. The summed E-state index contributed by atoms with van der Waals surface area (Å²) in [5.74, 6) is 0.732. The molecule has 0 amide bonds. The van der Waals surface area contributed by atoms with E-state index in [1.807, 2.05) is 6.20 Å². The molecule has 0 bridgehead atoms. The van der Waals surface area contributed by atoms with Gasteiger partial charge in [-0.25, -0.2) is 0 Å². The number of hydrogen-bond acceptors (Lipinski definition) is 1. The Morgan fingerprint density at radius 2 is 2.14 bits per heavy atom. The van der Waals surface area contributed by atoms with E-state index in [1.54, 1.807) is 0 Å². The molecule has 1 rings (SSSR count). The highest BCUT2D eigenvalue weighted by atomic mass is 35.5. The third kappa shape index (κ3) is 3.02. The first-order chi connectivity index (χ1) is 6.81. The molecule has 0 saturated heterocycles. The third-order valence-corrected chi connectivity index (χ3v) is 2.84. The molecular weight excluding hydrogens is 196 g/mol. The van der Waals surface area contributed by atoms with Gasteiger partial charge in [0.05, 0.1) is 12.2 Å². The van der Waals surface area contributed by atoms with Crippen LogP contribution in [0.2, 0.25) is 0 Å². The molecule has 2 nitrogen and oxygen atoms in total. The van der Waals surface area contributed by atoms with Crippen molar-refractivity contribution in [2.24, 2.45) is 0 Å². The zero-order chi connectivity index (χ0) is 10.4. The van der Waals surface area contributed by atoms with Crippen LogP contribution in [0.25, 0.3) is 0 Å². The van der Waals surface area contributed by atoms with Crippen LogP contribution in [0, 0.1) is 0 Å². The Hall–Kier alpha value is -0.500. The molecule has 0 fully saturated rings. The molecule has 0 unspecified atom stereocenters. The largest absolute Gasteiger partial charge is 0.269 e. The Kier molecular flexibility index (Phi) is 5.02. The van der Waals surface area contributed by atoms with Gasteiger partial charge in [0, 0.05) is 12.1 Å². The summed E-state index contributed by atoms with van der Waals surface area (Å²) in [4.78, 5) is 0. The monoisotopic (exact) mass is 214 g/mol. The van der Waals surface area contributed by atoms with Crippen molar-refractivity contribution in [1.82, 2.24) is 9.78 Å². The Bertz CT molecular complexity index is 254. The molecule has 0 spiro atoms. The summed E-state index contributed by atoms with van der Waals surface area (Å²) < 4.78 is 2.09. The molecule has 1 aromatic rings. The molecular formula is C11H19ClN2. The van der Waals surface area contributed by atoms with Crippen LogP contribution in [-0.4, -0.2) is 15.7 Å². The molecule has 1 heterocycles. The van der Waals surface area contributed by atoms with Crippen LogP contribution in [0.4, 0.5) is 0 Å². The normalized spacial score (nSPS) is 11.1. The lowest BCUT2D eigenvalue weighted by molar-refractivity contribution is 0.428. The van der Waals surface area contributed by atoms with Crippen molar-refractivity contribution in [3.63, 3.8) is 0 Å². The van der Waals surface area contributed by atoms with Gasteiger partial charge < -0.3 is 0 Å². The topological polar surface area (TPSA) is 17.8 Å². The van der Waals surface area contributed by atoms with Crippen molar-refractivity contribution in [1.29, 1.82) is 0 Å². The molecule has 80 valence electrons. The lowest BCUT2D eigenvalue weighted by Gasteiger charge is -2.12. The summed E-state index contributed by atoms with van der Waals surface area (Å²) in [7, 11) is 0.